The summed E-state index contributed by atoms with van der Waals surface area (Å²) in [6, 6.07) is 24.0. The molecule has 160 valence electrons. The fourth-order valence-corrected chi connectivity index (χ4v) is 3.54. The van der Waals surface area contributed by atoms with Crippen molar-refractivity contribution in [2.24, 2.45) is 0 Å². The molecule has 0 atom stereocenters. The smallest absolute Gasteiger partial charge is 0.347 e. The van der Waals surface area contributed by atoms with Crippen molar-refractivity contribution in [3.05, 3.63) is 125 Å². The van der Waals surface area contributed by atoms with Gasteiger partial charge in [-0.2, -0.15) is 5.10 Å². The van der Waals surface area contributed by atoms with E-state index < -0.39 is 11.4 Å². The lowest BCUT2D eigenvalue weighted by molar-refractivity contribution is 0.104. The van der Waals surface area contributed by atoms with Gasteiger partial charge in [-0.3, -0.25) is 4.79 Å². The standard InChI is InChI=1S/C27H17FN2O3/c28-21-13-10-18(11-14-21)26-20(17-30(29-26)22-7-2-1-3-8-22)12-15-24(31)23-16-19-6-4-5-9-25(19)33-27(23)32/h1-17H/b15-12+. The zero-order valence-corrected chi connectivity index (χ0v) is 17.3. The highest BCUT2D eigenvalue weighted by atomic mass is 19.1. The Morgan fingerprint density at radius 1 is 0.939 bits per heavy atom. The van der Waals surface area contributed by atoms with E-state index in [-0.39, 0.29) is 11.4 Å². The lowest BCUT2D eigenvalue weighted by Gasteiger charge is -2.00. The molecule has 0 aliphatic carbocycles. The van der Waals surface area contributed by atoms with Crippen molar-refractivity contribution >= 4 is 22.8 Å². The zero-order valence-electron chi connectivity index (χ0n) is 17.3. The highest BCUT2D eigenvalue weighted by molar-refractivity contribution is 6.08. The Bertz CT molecular complexity index is 1550. The third-order valence-corrected chi connectivity index (χ3v) is 5.20. The Labute approximate surface area is 188 Å². The minimum absolute atomic E-state index is 0.0521. The van der Waals surface area contributed by atoms with Crippen LogP contribution in [0.25, 0.3) is 34.0 Å². The molecule has 0 N–H and O–H groups in total. The molecule has 0 fully saturated rings. The SMILES string of the molecule is O=C(/C=C/c1cn(-c2ccccc2)nc1-c1ccc(F)cc1)c1cc2ccccc2oc1=O. The van der Waals surface area contributed by atoms with Crippen LogP contribution in [0.5, 0.6) is 0 Å². The molecule has 0 amide bonds. The minimum Gasteiger partial charge on any atom is -0.422 e. The number of benzene rings is 3. The van der Waals surface area contributed by atoms with Crippen LogP contribution in [-0.2, 0) is 0 Å². The normalized spacial score (nSPS) is 11.3. The van der Waals surface area contributed by atoms with Gasteiger partial charge in [0.25, 0.3) is 0 Å². The molecule has 0 aliphatic rings. The number of allylic oxidation sites excluding steroid dienone is 1. The predicted octanol–water partition coefficient (Wildman–Crippen LogP) is 5.68. The molecule has 0 radical (unpaired) electrons. The number of aromatic nitrogens is 2. The summed E-state index contributed by atoms with van der Waals surface area (Å²) in [7, 11) is 0. The maximum atomic E-state index is 13.4. The first-order valence-corrected chi connectivity index (χ1v) is 10.2. The van der Waals surface area contributed by atoms with E-state index in [1.54, 1.807) is 53.4 Å². The third kappa shape index (κ3) is 4.14. The van der Waals surface area contributed by atoms with Crippen molar-refractivity contribution in [3.8, 4) is 16.9 Å². The van der Waals surface area contributed by atoms with Crippen LogP contribution in [0, 0.1) is 5.82 Å². The van der Waals surface area contributed by atoms with Crippen LogP contribution in [0.4, 0.5) is 4.39 Å². The highest BCUT2D eigenvalue weighted by Crippen LogP contribution is 2.25. The second-order valence-corrected chi connectivity index (χ2v) is 7.40. The number of ketones is 1. The van der Waals surface area contributed by atoms with Gasteiger partial charge in [0.15, 0.2) is 5.78 Å². The van der Waals surface area contributed by atoms with Crippen molar-refractivity contribution in [1.29, 1.82) is 0 Å². The van der Waals surface area contributed by atoms with Gasteiger partial charge < -0.3 is 4.42 Å². The first-order chi connectivity index (χ1) is 16.1. The predicted molar refractivity (Wildman–Crippen MR) is 125 cm³/mol. The monoisotopic (exact) mass is 436 g/mol. The topological polar surface area (TPSA) is 65.1 Å². The lowest BCUT2D eigenvalue weighted by Crippen LogP contribution is -2.11. The number of halogens is 1. The molecule has 2 heterocycles. The van der Waals surface area contributed by atoms with Crippen LogP contribution >= 0.6 is 0 Å². The fourth-order valence-electron chi connectivity index (χ4n) is 3.54. The summed E-state index contributed by atoms with van der Waals surface area (Å²) >= 11 is 0. The third-order valence-electron chi connectivity index (χ3n) is 5.20. The summed E-state index contributed by atoms with van der Waals surface area (Å²) < 4.78 is 20.4. The molecule has 5 aromatic rings. The Hall–Kier alpha value is -4.58. The largest absolute Gasteiger partial charge is 0.422 e. The number of carbonyl (C=O) groups is 1. The second kappa shape index (κ2) is 8.51. The maximum absolute atomic E-state index is 13.4. The van der Waals surface area contributed by atoms with Gasteiger partial charge in [-0.05, 0) is 60.7 Å². The van der Waals surface area contributed by atoms with Crippen molar-refractivity contribution in [2.75, 3.05) is 0 Å². The van der Waals surface area contributed by atoms with Gasteiger partial charge in [0.2, 0.25) is 0 Å². The first-order valence-electron chi connectivity index (χ1n) is 10.2. The second-order valence-electron chi connectivity index (χ2n) is 7.40. The molecule has 0 saturated carbocycles. The van der Waals surface area contributed by atoms with Crippen LogP contribution in [0.2, 0.25) is 0 Å². The van der Waals surface area contributed by atoms with Crippen molar-refractivity contribution in [3.63, 3.8) is 0 Å². The molecule has 33 heavy (non-hydrogen) atoms. The molecule has 5 rings (SSSR count). The summed E-state index contributed by atoms with van der Waals surface area (Å²) in [5.41, 5.74) is 2.43. The molecule has 0 unspecified atom stereocenters. The summed E-state index contributed by atoms with van der Waals surface area (Å²) in [6.07, 6.45) is 4.70. The Kier molecular flexibility index (Phi) is 5.24. The average Bonchev–Trinajstić information content (AvgIpc) is 3.27. The van der Waals surface area contributed by atoms with E-state index >= 15 is 0 Å². The van der Waals surface area contributed by atoms with Gasteiger partial charge in [0.05, 0.1) is 11.4 Å². The molecular formula is C27H17FN2O3. The first kappa shape index (κ1) is 20.3. The van der Waals surface area contributed by atoms with Gasteiger partial charge in [-0.15, -0.1) is 0 Å². The van der Waals surface area contributed by atoms with Gasteiger partial charge in [-0.1, -0.05) is 36.4 Å². The number of fused-ring (bicyclic) bond motifs is 1. The molecule has 6 heteroatoms. The van der Waals surface area contributed by atoms with E-state index in [2.05, 4.69) is 5.10 Å². The number of hydrogen-bond acceptors (Lipinski definition) is 4. The van der Waals surface area contributed by atoms with Gasteiger partial charge in [0.1, 0.15) is 17.0 Å². The van der Waals surface area contributed by atoms with E-state index in [0.717, 1.165) is 5.69 Å². The van der Waals surface area contributed by atoms with Crippen LogP contribution in [0.15, 0.2) is 106 Å². The maximum Gasteiger partial charge on any atom is 0.347 e. The number of para-hydroxylation sites is 2. The van der Waals surface area contributed by atoms with E-state index in [9.17, 15) is 14.0 Å². The quantitative estimate of drug-likeness (QED) is 0.202. The number of hydrogen-bond donors (Lipinski definition) is 0. The minimum atomic E-state index is -0.693. The van der Waals surface area contributed by atoms with Crippen LogP contribution in [0.3, 0.4) is 0 Å². The van der Waals surface area contributed by atoms with Crippen molar-refractivity contribution in [2.45, 2.75) is 0 Å². The Balaban J connectivity index is 1.55. The van der Waals surface area contributed by atoms with Crippen LogP contribution in [0.1, 0.15) is 15.9 Å². The number of rotatable bonds is 5. The molecule has 5 nitrogen and oxygen atoms in total. The van der Waals surface area contributed by atoms with E-state index in [1.165, 1.54) is 24.3 Å². The summed E-state index contributed by atoms with van der Waals surface area (Å²) in [5.74, 6) is -0.830. The van der Waals surface area contributed by atoms with Crippen LogP contribution < -0.4 is 5.63 Å². The summed E-state index contributed by atoms with van der Waals surface area (Å²) in [4.78, 5) is 25.2. The van der Waals surface area contributed by atoms with Gasteiger partial charge >= 0.3 is 5.63 Å². The Morgan fingerprint density at radius 2 is 1.67 bits per heavy atom. The van der Waals surface area contributed by atoms with Crippen molar-refractivity contribution in [1.82, 2.24) is 9.78 Å². The van der Waals surface area contributed by atoms with Gasteiger partial charge in [-0.25, -0.2) is 13.9 Å². The molecular weight excluding hydrogens is 419 g/mol. The molecule has 0 saturated heterocycles. The van der Waals surface area contributed by atoms with E-state index in [0.29, 0.717) is 27.8 Å². The molecule has 0 aliphatic heterocycles. The summed E-state index contributed by atoms with van der Waals surface area (Å²) in [5, 5.41) is 5.31. The summed E-state index contributed by atoms with van der Waals surface area (Å²) in [6.45, 7) is 0. The highest BCUT2D eigenvalue weighted by Gasteiger charge is 2.14. The van der Waals surface area contributed by atoms with E-state index in [1.807, 2.05) is 30.3 Å². The Morgan fingerprint density at radius 3 is 2.45 bits per heavy atom. The zero-order chi connectivity index (χ0) is 22.8. The molecule has 0 bridgehead atoms. The van der Waals surface area contributed by atoms with Crippen molar-refractivity contribution < 1.29 is 13.6 Å². The molecule has 0 spiro atoms. The molecule has 2 aromatic heterocycles. The van der Waals surface area contributed by atoms with Gasteiger partial charge in [0, 0.05) is 22.7 Å². The molecule has 3 aromatic carbocycles. The average molecular weight is 436 g/mol. The fraction of sp³-hybridized carbons (Fsp3) is 0. The van der Waals surface area contributed by atoms with Crippen LogP contribution in [-0.4, -0.2) is 15.6 Å². The van der Waals surface area contributed by atoms with E-state index in [4.69, 9.17) is 4.42 Å². The number of carbonyl (C=O) groups excluding carboxylic acids is 1. The lowest BCUT2D eigenvalue weighted by atomic mass is 10.1. The number of nitrogens with zero attached hydrogens (tertiary/aromatic N) is 2.